The monoisotopic (exact) mass is 730 g/mol. The first-order valence-electron chi connectivity index (χ1n) is 15.6. The Bertz CT molecular complexity index is 2130. The summed E-state index contributed by atoms with van der Waals surface area (Å²) in [4.78, 5) is 24.0. The summed E-state index contributed by atoms with van der Waals surface area (Å²) in [5, 5.41) is 12.0. The summed E-state index contributed by atoms with van der Waals surface area (Å²) in [5.74, 6) is 0.994. The minimum Gasteiger partial charge on any atom is -0.493 e. The summed E-state index contributed by atoms with van der Waals surface area (Å²) >= 11 is 1.08. The average Bonchev–Trinajstić information content (AvgIpc) is 3.91. The van der Waals surface area contributed by atoms with Crippen LogP contribution < -0.4 is 37.9 Å². The standard InChI is InChI=1S/C27H22N2O8S.C10H12O4/c1-32-22-9-14(10-23(33-2)25(22)34-3)8-17-24(15-4-6-18-19(11-15)29-38-28-18)26(30)37-27(17,31)16-5-7-20-21(12-16)36-13-35-20;1-12-8-4-7(6-11)5-9(13-2)10(8)14-3/h4-7,9-12,31H,8,13H2,1-3H3;4-6H,1-3H3. The highest BCUT2D eigenvalue weighted by molar-refractivity contribution is 7.00. The molecule has 52 heavy (non-hydrogen) atoms. The van der Waals surface area contributed by atoms with Crippen molar-refractivity contribution < 1.29 is 57.3 Å². The van der Waals surface area contributed by atoms with Gasteiger partial charge in [-0.1, -0.05) is 6.07 Å². The maximum absolute atomic E-state index is 13.4. The van der Waals surface area contributed by atoms with E-state index in [0.717, 1.165) is 18.0 Å². The van der Waals surface area contributed by atoms with Gasteiger partial charge in [0, 0.05) is 23.1 Å². The number of carbonyl (C=O) groups is 2. The van der Waals surface area contributed by atoms with Crippen LogP contribution in [0.15, 0.2) is 66.2 Å². The number of methoxy groups -OCH3 is 6. The largest absolute Gasteiger partial charge is 0.493 e. The van der Waals surface area contributed by atoms with Gasteiger partial charge in [-0.05, 0) is 65.7 Å². The molecular weight excluding hydrogens is 696 g/mol. The van der Waals surface area contributed by atoms with E-state index in [4.69, 9.17) is 42.6 Å². The second-order valence-electron chi connectivity index (χ2n) is 11.2. The smallest absolute Gasteiger partial charge is 0.342 e. The van der Waals surface area contributed by atoms with Gasteiger partial charge in [-0.3, -0.25) is 4.79 Å². The molecule has 270 valence electrons. The topological polar surface area (TPSA) is 163 Å². The van der Waals surface area contributed by atoms with Crippen LogP contribution in [0.25, 0.3) is 16.6 Å². The molecule has 0 spiro atoms. The zero-order chi connectivity index (χ0) is 37.0. The van der Waals surface area contributed by atoms with E-state index in [1.54, 1.807) is 60.7 Å². The molecule has 1 aromatic heterocycles. The van der Waals surface area contributed by atoms with Crippen molar-refractivity contribution in [1.29, 1.82) is 0 Å². The number of cyclic esters (lactones) is 1. The molecule has 7 rings (SSSR count). The highest BCUT2D eigenvalue weighted by atomic mass is 32.1. The third-order valence-corrected chi connectivity index (χ3v) is 8.95. The lowest BCUT2D eigenvalue weighted by Crippen LogP contribution is -2.29. The number of hydrogen-bond acceptors (Lipinski definition) is 15. The van der Waals surface area contributed by atoms with E-state index >= 15 is 0 Å². The molecule has 2 aliphatic rings. The fourth-order valence-electron chi connectivity index (χ4n) is 5.93. The van der Waals surface area contributed by atoms with Crippen LogP contribution in [0.4, 0.5) is 0 Å². The van der Waals surface area contributed by atoms with Crippen LogP contribution in [-0.2, 0) is 21.7 Å². The van der Waals surface area contributed by atoms with E-state index in [0.29, 0.717) is 84.9 Å². The molecule has 0 aliphatic carbocycles. The molecule has 15 heteroatoms. The minimum atomic E-state index is -2.08. The van der Waals surface area contributed by atoms with Crippen molar-refractivity contribution in [2.75, 3.05) is 49.5 Å². The Balaban J connectivity index is 0.000000280. The van der Waals surface area contributed by atoms with Gasteiger partial charge >= 0.3 is 5.97 Å². The quantitative estimate of drug-likeness (QED) is 0.136. The van der Waals surface area contributed by atoms with Gasteiger partial charge in [0.25, 0.3) is 5.79 Å². The van der Waals surface area contributed by atoms with Crippen LogP contribution in [0.1, 0.15) is 27.0 Å². The Morgan fingerprint density at radius 1 is 0.750 bits per heavy atom. The SMILES string of the molecule is COc1cc(C=O)cc(OC)c1OC.COc1cc(CC2=C(c3ccc4nsnc4c3)C(=O)OC2(O)c2ccc3c(c2)OCO3)cc(OC)c1OC. The third-order valence-electron chi connectivity index (χ3n) is 8.39. The summed E-state index contributed by atoms with van der Waals surface area (Å²) in [6.45, 7) is 0.0675. The summed E-state index contributed by atoms with van der Waals surface area (Å²) in [7, 11) is 9.09. The minimum absolute atomic E-state index is 0.0675. The number of hydrogen-bond donors (Lipinski definition) is 1. The first-order chi connectivity index (χ1) is 25.2. The second-order valence-corrected chi connectivity index (χ2v) is 11.7. The molecular formula is C37H34N2O12S. The third kappa shape index (κ3) is 6.58. The fourth-order valence-corrected chi connectivity index (χ4v) is 6.45. The molecule has 2 aliphatic heterocycles. The molecule has 0 bridgehead atoms. The number of aromatic nitrogens is 2. The molecule has 0 radical (unpaired) electrons. The number of aliphatic hydroxyl groups is 1. The predicted molar refractivity (Wildman–Crippen MR) is 188 cm³/mol. The number of esters is 1. The second kappa shape index (κ2) is 15.0. The first-order valence-corrected chi connectivity index (χ1v) is 16.3. The van der Waals surface area contributed by atoms with E-state index in [2.05, 4.69) is 8.75 Å². The van der Waals surface area contributed by atoms with Crippen LogP contribution >= 0.6 is 11.7 Å². The molecule has 1 atom stereocenters. The van der Waals surface area contributed by atoms with Crippen molar-refractivity contribution in [3.63, 3.8) is 0 Å². The van der Waals surface area contributed by atoms with Gasteiger partial charge in [0.05, 0.1) is 60.0 Å². The number of aldehydes is 1. The molecule has 0 fully saturated rings. The number of ether oxygens (including phenoxy) is 9. The van der Waals surface area contributed by atoms with Gasteiger partial charge in [0.2, 0.25) is 18.3 Å². The zero-order valence-electron chi connectivity index (χ0n) is 29.0. The van der Waals surface area contributed by atoms with Gasteiger partial charge < -0.3 is 47.7 Å². The van der Waals surface area contributed by atoms with E-state index in [1.807, 2.05) is 0 Å². The number of rotatable bonds is 11. The maximum Gasteiger partial charge on any atom is 0.342 e. The predicted octanol–water partition coefficient (Wildman–Crippen LogP) is 5.37. The first kappa shape index (κ1) is 35.8. The van der Waals surface area contributed by atoms with Gasteiger partial charge in [0.15, 0.2) is 34.5 Å². The van der Waals surface area contributed by atoms with E-state index in [-0.39, 0.29) is 18.8 Å². The van der Waals surface area contributed by atoms with E-state index < -0.39 is 11.8 Å². The number of benzene rings is 4. The lowest BCUT2D eigenvalue weighted by Gasteiger charge is -2.26. The lowest BCUT2D eigenvalue weighted by atomic mass is 9.87. The molecule has 5 aromatic rings. The summed E-state index contributed by atoms with van der Waals surface area (Å²) < 4.78 is 56.9. The van der Waals surface area contributed by atoms with Crippen molar-refractivity contribution in [3.8, 4) is 46.0 Å². The summed E-state index contributed by atoms with van der Waals surface area (Å²) in [6, 6.07) is 17.0. The fraction of sp³-hybridized carbons (Fsp3) is 0.243. The van der Waals surface area contributed by atoms with Gasteiger partial charge in [-0.2, -0.15) is 8.75 Å². The molecule has 3 heterocycles. The van der Waals surface area contributed by atoms with Crippen LogP contribution in [-0.4, -0.2) is 75.6 Å². The highest BCUT2D eigenvalue weighted by Crippen LogP contribution is 2.48. The zero-order valence-corrected chi connectivity index (χ0v) is 29.8. The number of fused-ring (bicyclic) bond motifs is 2. The van der Waals surface area contributed by atoms with Gasteiger partial charge in [0.1, 0.15) is 17.3 Å². The van der Waals surface area contributed by atoms with Crippen molar-refractivity contribution in [2.24, 2.45) is 0 Å². The Morgan fingerprint density at radius 2 is 1.35 bits per heavy atom. The van der Waals surface area contributed by atoms with Crippen LogP contribution in [0.3, 0.4) is 0 Å². The Kier molecular flexibility index (Phi) is 10.3. The Labute approximate surface area is 302 Å². The van der Waals surface area contributed by atoms with Crippen molar-refractivity contribution in [3.05, 3.63) is 88.5 Å². The number of nitrogens with zero attached hydrogens (tertiary/aromatic N) is 2. The van der Waals surface area contributed by atoms with Gasteiger partial charge in [-0.15, -0.1) is 0 Å². The molecule has 0 saturated heterocycles. The van der Waals surface area contributed by atoms with Crippen LogP contribution in [0, 0.1) is 0 Å². The normalized spacial score (nSPS) is 15.8. The van der Waals surface area contributed by atoms with Crippen LogP contribution in [0.2, 0.25) is 0 Å². The average molecular weight is 731 g/mol. The Hall–Kier alpha value is -6.06. The molecule has 14 nitrogen and oxygen atoms in total. The number of carbonyl (C=O) groups excluding carboxylic acids is 2. The van der Waals surface area contributed by atoms with Crippen LogP contribution in [0.5, 0.6) is 46.0 Å². The van der Waals surface area contributed by atoms with Gasteiger partial charge in [-0.25, -0.2) is 4.79 Å². The van der Waals surface area contributed by atoms with E-state index in [9.17, 15) is 14.7 Å². The van der Waals surface area contributed by atoms with Crippen molar-refractivity contribution in [2.45, 2.75) is 12.2 Å². The molecule has 0 amide bonds. The highest BCUT2D eigenvalue weighted by Gasteiger charge is 2.48. The molecule has 1 N–H and O–H groups in total. The van der Waals surface area contributed by atoms with Crippen molar-refractivity contribution >= 4 is 40.6 Å². The Morgan fingerprint density at radius 3 is 1.94 bits per heavy atom. The van der Waals surface area contributed by atoms with E-state index in [1.165, 1.54) is 42.7 Å². The van der Waals surface area contributed by atoms with Crippen molar-refractivity contribution in [1.82, 2.24) is 8.75 Å². The molecule has 0 saturated carbocycles. The summed E-state index contributed by atoms with van der Waals surface area (Å²) in [6.07, 6.45) is 0.848. The molecule has 4 aromatic carbocycles. The molecule has 1 unspecified atom stereocenters. The maximum atomic E-state index is 13.4. The summed E-state index contributed by atoms with van der Waals surface area (Å²) in [5.41, 5.74) is 3.96. The lowest BCUT2D eigenvalue weighted by molar-refractivity contribution is -0.185.